The molecule has 3 heteroatoms. The van der Waals surface area contributed by atoms with Crippen molar-refractivity contribution in [1.82, 2.24) is 4.57 Å². The molecule has 1 aromatic heterocycles. The summed E-state index contributed by atoms with van der Waals surface area (Å²) in [5.74, 6) is -0.293. The van der Waals surface area contributed by atoms with Gasteiger partial charge in [0.05, 0.1) is 12.7 Å². The average molecular weight is 243 g/mol. The standard InChI is InChI=1S/C15H17NO2/c1-4-16-9-13(14(10-16)15(17)18-3)12-7-5-6-11(2)8-12/h5-10H,4H2,1-3H3. The molecule has 0 aliphatic carbocycles. The molecule has 0 amide bonds. The highest BCUT2D eigenvalue weighted by Gasteiger charge is 2.16. The summed E-state index contributed by atoms with van der Waals surface area (Å²) in [5.41, 5.74) is 3.76. The number of rotatable bonds is 3. The first-order chi connectivity index (χ1) is 8.65. The topological polar surface area (TPSA) is 31.2 Å². The number of benzene rings is 1. The summed E-state index contributed by atoms with van der Waals surface area (Å²) in [5, 5.41) is 0. The quantitative estimate of drug-likeness (QED) is 0.775. The van der Waals surface area contributed by atoms with Gasteiger partial charge in [-0.25, -0.2) is 4.79 Å². The number of nitrogens with zero attached hydrogens (tertiary/aromatic N) is 1. The van der Waals surface area contributed by atoms with Crippen molar-refractivity contribution in [2.45, 2.75) is 20.4 Å². The summed E-state index contributed by atoms with van der Waals surface area (Å²) in [6.07, 6.45) is 3.82. The summed E-state index contributed by atoms with van der Waals surface area (Å²) in [7, 11) is 1.41. The van der Waals surface area contributed by atoms with Crippen LogP contribution < -0.4 is 0 Å². The van der Waals surface area contributed by atoms with Gasteiger partial charge in [-0.2, -0.15) is 0 Å². The SMILES string of the molecule is CCn1cc(C(=O)OC)c(-c2cccc(C)c2)c1. The molecule has 0 radical (unpaired) electrons. The van der Waals surface area contributed by atoms with Crippen molar-refractivity contribution >= 4 is 5.97 Å². The van der Waals surface area contributed by atoms with Crippen LogP contribution in [0.1, 0.15) is 22.8 Å². The first-order valence-corrected chi connectivity index (χ1v) is 6.00. The molecule has 18 heavy (non-hydrogen) atoms. The molecular formula is C15H17NO2. The van der Waals surface area contributed by atoms with Gasteiger partial charge in [0.25, 0.3) is 0 Å². The van der Waals surface area contributed by atoms with E-state index in [0.29, 0.717) is 5.56 Å². The van der Waals surface area contributed by atoms with Crippen molar-refractivity contribution in [3.05, 3.63) is 47.8 Å². The number of carbonyl (C=O) groups excluding carboxylic acids is 1. The summed E-state index contributed by atoms with van der Waals surface area (Å²) in [6.45, 7) is 4.91. The van der Waals surface area contributed by atoms with Crippen LogP contribution in [0, 0.1) is 6.92 Å². The smallest absolute Gasteiger partial charge is 0.340 e. The van der Waals surface area contributed by atoms with Crippen molar-refractivity contribution in [1.29, 1.82) is 0 Å². The Morgan fingerprint density at radius 2 is 2.11 bits per heavy atom. The number of aromatic nitrogens is 1. The second-order valence-electron chi connectivity index (χ2n) is 4.28. The van der Waals surface area contributed by atoms with Gasteiger partial charge in [-0.1, -0.05) is 29.8 Å². The van der Waals surface area contributed by atoms with E-state index in [0.717, 1.165) is 17.7 Å². The second-order valence-corrected chi connectivity index (χ2v) is 4.28. The lowest BCUT2D eigenvalue weighted by Crippen LogP contribution is -2.01. The Hall–Kier alpha value is -2.03. The summed E-state index contributed by atoms with van der Waals surface area (Å²) < 4.78 is 6.82. The third-order valence-electron chi connectivity index (χ3n) is 2.98. The predicted octanol–water partition coefficient (Wildman–Crippen LogP) is 3.27. The third kappa shape index (κ3) is 2.30. The van der Waals surface area contributed by atoms with Crippen LogP contribution in [-0.4, -0.2) is 17.6 Å². The molecule has 0 bridgehead atoms. The summed E-state index contributed by atoms with van der Waals surface area (Å²) in [6, 6.07) is 8.11. The zero-order valence-corrected chi connectivity index (χ0v) is 10.9. The molecule has 0 aliphatic heterocycles. The number of hydrogen-bond donors (Lipinski definition) is 0. The number of aryl methyl sites for hydroxylation is 2. The van der Waals surface area contributed by atoms with E-state index in [1.807, 2.05) is 49.0 Å². The number of methoxy groups -OCH3 is 1. The van der Waals surface area contributed by atoms with Crippen LogP contribution in [0.4, 0.5) is 0 Å². The van der Waals surface area contributed by atoms with Gasteiger partial charge in [-0.3, -0.25) is 0 Å². The Morgan fingerprint density at radius 1 is 1.33 bits per heavy atom. The molecule has 0 saturated heterocycles. The van der Waals surface area contributed by atoms with Gasteiger partial charge in [-0.05, 0) is 19.4 Å². The van der Waals surface area contributed by atoms with E-state index >= 15 is 0 Å². The van der Waals surface area contributed by atoms with E-state index in [2.05, 4.69) is 6.07 Å². The molecule has 0 unspecified atom stereocenters. The van der Waals surface area contributed by atoms with Gasteiger partial charge >= 0.3 is 5.97 Å². The minimum absolute atomic E-state index is 0.293. The van der Waals surface area contributed by atoms with Crippen molar-refractivity contribution in [3.63, 3.8) is 0 Å². The van der Waals surface area contributed by atoms with Gasteiger partial charge in [0.2, 0.25) is 0 Å². The van der Waals surface area contributed by atoms with Crippen LogP contribution in [0.15, 0.2) is 36.7 Å². The molecule has 1 heterocycles. The monoisotopic (exact) mass is 243 g/mol. The van der Waals surface area contributed by atoms with E-state index in [-0.39, 0.29) is 5.97 Å². The number of esters is 1. The molecule has 1 aromatic carbocycles. The Labute approximate surface area is 107 Å². The molecular weight excluding hydrogens is 226 g/mol. The number of ether oxygens (including phenoxy) is 1. The van der Waals surface area contributed by atoms with Gasteiger partial charge in [0, 0.05) is 24.5 Å². The van der Waals surface area contributed by atoms with E-state index in [9.17, 15) is 4.79 Å². The molecule has 0 aliphatic rings. The van der Waals surface area contributed by atoms with Crippen molar-refractivity contribution in [2.24, 2.45) is 0 Å². The van der Waals surface area contributed by atoms with E-state index in [4.69, 9.17) is 4.74 Å². The van der Waals surface area contributed by atoms with E-state index in [1.165, 1.54) is 12.7 Å². The van der Waals surface area contributed by atoms with E-state index in [1.54, 1.807) is 0 Å². The van der Waals surface area contributed by atoms with Crippen LogP contribution in [-0.2, 0) is 11.3 Å². The second kappa shape index (κ2) is 5.08. The molecule has 0 fully saturated rings. The van der Waals surface area contributed by atoms with Crippen LogP contribution in [0.25, 0.3) is 11.1 Å². The van der Waals surface area contributed by atoms with Crippen LogP contribution in [0.5, 0.6) is 0 Å². The van der Waals surface area contributed by atoms with Gasteiger partial charge < -0.3 is 9.30 Å². The average Bonchev–Trinajstić information content (AvgIpc) is 2.82. The Balaban J connectivity index is 2.55. The maximum atomic E-state index is 11.8. The number of carbonyl (C=O) groups is 1. The van der Waals surface area contributed by atoms with Gasteiger partial charge in [0.1, 0.15) is 0 Å². The van der Waals surface area contributed by atoms with Crippen LogP contribution in [0.2, 0.25) is 0 Å². The Bertz CT molecular complexity index is 570. The molecule has 0 atom stereocenters. The lowest BCUT2D eigenvalue weighted by molar-refractivity contribution is 0.0601. The first kappa shape index (κ1) is 12.4. The molecule has 94 valence electrons. The Morgan fingerprint density at radius 3 is 2.72 bits per heavy atom. The fourth-order valence-corrected chi connectivity index (χ4v) is 2.01. The van der Waals surface area contributed by atoms with Crippen LogP contribution >= 0.6 is 0 Å². The Kier molecular flexibility index (Phi) is 3.51. The largest absolute Gasteiger partial charge is 0.465 e. The molecule has 2 rings (SSSR count). The minimum atomic E-state index is -0.293. The highest BCUT2D eigenvalue weighted by Crippen LogP contribution is 2.26. The zero-order chi connectivity index (χ0) is 13.1. The first-order valence-electron chi connectivity index (χ1n) is 6.00. The fraction of sp³-hybridized carbons (Fsp3) is 0.267. The summed E-state index contributed by atoms with van der Waals surface area (Å²) in [4.78, 5) is 11.8. The van der Waals surface area contributed by atoms with Crippen molar-refractivity contribution in [2.75, 3.05) is 7.11 Å². The normalized spacial score (nSPS) is 10.4. The lowest BCUT2D eigenvalue weighted by atomic mass is 10.0. The van der Waals surface area contributed by atoms with Crippen LogP contribution in [0.3, 0.4) is 0 Å². The molecule has 2 aromatic rings. The maximum Gasteiger partial charge on any atom is 0.340 e. The number of hydrogen-bond acceptors (Lipinski definition) is 2. The van der Waals surface area contributed by atoms with Gasteiger partial charge in [-0.15, -0.1) is 0 Å². The predicted molar refractivity (Wildman–Crippen MR) is 71.6 cm³/mol. The zero-order valence-electron chi connectivity index (χ0n) is 10.9. The van der Waals surface area contributed by atoms with Gasteiger partial charge in [0.15, 0.2) is 0 Å². The van der Waals surface area contributed by atoms with Crippen molar-refractivity contribution < 1.29 is 9.53 Å². The maximum absolute atomic E-state index is 11.8. The van der Waals surface area contributed by atoms with E-state index < -0.39 is 0 Å². The summed E-state index contributed by atoms with van der Waals surface area (Å²) >= 11 is 0. The highest BCUT2D eigenvalue weighted by atomic mass is 16.5. The molecule has 0 spiro atoms. The molecule has 0 saturated carbocycles. The fourth-order valence-electron chi connectivity index (χ4n) is 2.01. The molecule has 3 nitrogen and oxygen atoms in total. The van der Waals surface area contributed by atoms with Crippen molar-refractivity contribution in [3.8, 4) is 11.1 Å². The minimum Gasteiger partial charge on any atom is -0.465 e. The lowest BCUT2D eigenvalue weighted by Gasteiger charge is -2.03. The third-order valence-corrected chi connectivity index (χ3v) is 2.98. The molecule has 0 N–H and O–H groups in total. The highest BCUT2D eigenvalue weighted by molar-refractivity contribution is 5.97.